The first-order valence-corrected chi connectivity index (χ1v) is 12.6. The molecule has 4 aliphatic rings. The first-order chi connectivity index (χ1) is 16.8. The summed E-state index contributed by atoms with van der Waals surface area (Å²) in [6, 6.07) is 18.8. The first kappa shape index (κ1) is 21.5. The van der Waals surface area contributed by atoms with Crippen LogP contribution in [0.5, 0.6) is 0 Å². The van der Waals surface area contributed by atoms with Gasteiger partial charge in [-0.2, -0.15) is 0 Å². The number of hydrogen-bond acceptors (Lipinski definition) is 4. The van der Waals surface area contributed by atoms with Gasteiger partial charge in [0.2, 0.25) is 0 Å². The molecular weight excluding hydrogens is 416 g/mol. The van der Waals surface area contributed by atoms with Gasteiger partial charge in [-0.1, -0.05) is 60.2 Å². The predicted octanol–water partition coefficient (Wildman–Crippen LogP) is 5.79. The Morgan fingerprint density at radius 3 is 1.79 bits per heavy atom. The molecule has 0 radical (unpaired) electrons. The summed E-state index contributed by atoms with van der Waals surface area (Å²) in [5.41, 5.74) is 11.7. The zero-order valence-corrected chi connectivity index (χ0v) is 19.8. The molecule has 2 atom stereocenters. The van der Waals surface area contributed by atoms with Crippen LogP contribution in [-0.4, -0.2) is 36.6 Å². The third kappa shape index (κ3) is 4.24. The zero-order valence-electron chi connectivity index (χ0n) is 19.8. The van der Waals surface area contributed by atoms with Gasteiger partial charge in [-0.3, -0.25) is 9.98 Å². The summed E-state index contributed by atoms with van der Waals surface area (Å²) < 4.78 is 0. The SMILES string of the molecule is CC=C1CN[C@H](C2=NC=C(c3ccc(-c4ccc(C5=CN=C([C@@H]6CCCN6)C5)cc4)cc3)C2)C1. The minimum atomic E-state index is 0.392. The molecule has 0 spiro atoms. The van der Waals surface area contributed by atoms with Crippen molar-refractivity contribution in [2.45, 2.75) is 51.1 Å². The van der Waals surface area contributed by atoms with Gasteiger partial charge in [-0.15, -0.1) is 0 Å². The van der Waals surface area contributed by atoms with Gasteiger partial charge in [0.1, 0.15) is 0 Å². The van der Waals surface area contributed by atoms with Crippen molar-refractivity contribution in [1.29, 1.82) is 0 Å². The van der Waals surface area contributed by atoms with E-state index in [1.54, 1.807) is 0 Å². The van der Waals surface area contributed by atoms with Crippen molar-refractivity contribution < 1.29 is 0 Å². The van der Waals surface area contributed by atoms with Gasteiger partial charge in [0.15, 0.2) is 0 Å². The highest BCUT2D eigenvalue weighted by Gasteiger charge is 2.26. The molecule has 0 saturated carbocycles. The fourth-order valence-corrected chi connectivity index (χ4v) is 5.51. The van der Waals surface area contributed by atoms with E-state index in [9.17, 15) is 0 Å². The van der Waals surface area contributed by atoms with E-state index < -0.39 is 0 Å². The average molecular weight is 449 g/mol. The lowest BCUT2D eigenvalue weighted by molar-refractivity contribution is 0.756. The molecule has 2 aromatic carbocycles. The van der Waals surface area contributed by atoms with Crippen LogP contribution in [0.15, 0.2) is 82.6 Å². The average Bonchev–Trinajstić information content (AvgIpc) is 3.70. The van der Waals surface area contributed by atoms with Crippen LogP contribution >= 0.6 is 0 Å². The number of hydrogen-bond donors (Lipinski definition) is 2. The van der Waals surface area contributed by atoms with Crippen molar-refractivity contribution in [1.82, 2.24) is 10.6 Å². The standard InChI is InChI=1S/C30H32N4/c1-2-20-14-28(32-17-20)30-16-26(19-34-30)24-11-7-22(8-12-24)21-5-9-23(10-6-21)25-15-29(33-18-25)27-4-3-13-31-27/h2,5-12,18-19,27-28,31-32H,3-4,13-17H2,1H3/t27-,28-/m0/s1. The third-order valence-electron chi connectivity index (χ3n) is 7.68. The molecule has 4 heteroatoms. The van der Waals surface area contributed by atoms with E-state index in [1.165, 1.54) is 63.2 Å². The van der Waals surface area contributed by atoms with Gasteiger partial charge in [-0.05, 0) is 66.1 Å². The van der Waals surface area contributed by atoms with Gasteiger partial charge in [-0.25, -0.2) is 0 Å². The molecule has 2 N–H and O–H groups in total. The normalized spacial score (nSPS) is 25.5. The van der Waals surface area contributed by atoms with E-state index in [2.05, 4.69) is 84.6 Å². The topological polar surface area (TPSA) is 48.8 Å². The van der Waals surface area contributed by atoms with Crippen molar-refractivity contribution in [3.8, 4) is 11.1 Å². The summed E-state index contributed by atoms with van der Waals surface area (Å²) in [6.45, 7) is 4.24. The highest BCUT2D eigenvalue weighted by Crippen LogP contribution is 2.31. The number of aliphatic imine (C=N–C) groups is 2. The lowest BCUT2D eigenvalue weighted by Crippen LogP contribution is -2.29. The van der Waals surface area contributed by atoms with Crippen LogP contribution in [0.3, 0.4) is 0 Å². The minimum Gasteiger partial charge on any atom is -0.309 e. The number of allylic oxidation sites excluding steroid dienone is 3. The van der Waals surface area contributed by atoms with Crippen molar-refractivity contribution in [3.05, 3.63) is 83.7 Å². The molecule has 0 unspecified atom stereocenters. The van der Waals surface area contributed by atoms with Gasteiger partial charge in [0.25, 0.3) is 0 Å². The molecule has 4 nitrogen and oxygen atoms in total. The van der Waals surface area contributed by atoms with Gasteiger partial charge >= 0.3 is 0 Å². The van der Waals surface area contributed by atoms with Crippen LogP contribution in [0.1, 0.15) is 50.2 Å². The van der Waals surface area contributed by atoms with E-state index >= 15 is 0 Å². The maximum Gasteiger partial charge on any atom is 0.0499 e. The van der Waals surface area contributed by atoms with E-state index in [0.29, 0.717) is 12.1 Å². The molecule has 4 heterocycles. The van der Waals surface area contributed by atoms with Crippen molar-refractivity contribution in [2.75, 3.05) is 13.1 Å². The summed E-state index contributed by atoms with van der Waals surface area (Å²) in [7, 11) is 0. The molecule has 6 rings (SSSR count). The molecule has 2 fully saturated rings. The monoisotopic (exact) mass is 448 g/mol. The van der Waals surface area contributed by atoms with Gasteiger partial charge in [0.05, 0.1) is 0 Å². The predicted molar refractivity (Wildman–Crippen MR) is 143 cm³/mol. The molecule has 34 heavy (non-hydrogen) atoms. The van der Waals surface area contributed by atoms with Crippen LogP contribution in [0.25, 0.3) is 22.3 Å². The van der Waals surface area contributed by atoms with Crippen molar-refractivity contribution in [2.24, 2.45) is 9.98 Å². The lowest BCUT2D eigenvalue weighted by Gasteiger charge is -2.12. The summed E-state index contributed by atoms with van der Waals surface area (Å²) >= 11 is 0. The van der Waals surface area contributed by atoms with Gasteiger partial charge < -0.3 is 10.6 Å². The molecule has 0 bridgehead atoms. The summed E-state index contributed by atoms with van der Waals surface area (Å²) in [5.74, 6) is 0. The largest absolute Gasteiger partial charge is 0.309 e. The van der Waals surface area contributed by atoms with Gasteiger partial charge in [0, 0.05) is 55.3 Å². The van der Waals surface area contributed by atoms with Crippen molar-refractivity contribution in [3.63, 3.8) is 0 Å². The number of benzene rings is 2. The van der Waals surface area contributed by atoms with Crippen molar-refractivity contribution >= 4 is 22.6 Å². The third-order valence-corrected chi connectivity index (χ3v) is 7.68. The Balaban J connectivity index is 1.08. The van der Waals surface area contributed by atoms with Crippen LogP contribution in [0.2, 0.25) is 0 Å². The fraction of sp³-hybridized carbons (Fsp3) is 0.333. The van der Waals surface area contributed by atoms with E-state index in [0.717, 1.165) is 32.4 Å². The fourth-order valence-electron chi connectivity index (χ4n) is 5.51. The number of nitrogens with one attached hydrogen (secondary N) is 2. The molecular formula is C30H32N4. The molecule has 172 valence electrons. The zero-order chi connectivity index (χ0) is 22.9. The van der Waals surface area contributed by atoms with E-state index in [-0.39, 0.29) is 0 Å². The number of rotatable bonds is 5. The Kier molecular flexibility index (Phi) is 5.86. The summed E-state index contributed by atoms with van der Waals surface area (Å²) in [5, 5.41) is 7.16. The Bertz CT molecular complexity index is 1220. The highest BCUT2D eigenvalue weighted by atomic mass is 15.0. The molecule has 4 aliphatic heterocycles. The van der Waals surface area contributed by atoms with E-state index in [1.807, 2.05) is 0 Å². The Hall–Kier alpha value is -3.08. The quantitative estimate of drug-likeness (QED) is 0.569. The number of nitrogens with zero attached hydrogens (tertiary/aromatic N) is 2. The van der Waals surface area contributed by atoms with Crippen LogP contribution in [-0.2, 0) is 0 Å². The second kappa shape index (κ2) is 9.28. The smallest absolute Gasteiger partial charge is 0.0499 e. The Labute approximate surface area is 202 Å². The minimum absolute atomic E-state index is 0.392. The molecule has 0 amide bonds. The van der Waals surface area contributed by atoms with Crippen LogP contribution in [0, 0.1) is 0 Å². The highest BCUT2D eigenvalue weighted by molar-refractivity contribution is 6.02. The molecule has 2 saturated heterocycles. The van der Waals surface area contributed by atoms with Crippen LogP contribution in [0.4, 0.5) is 0 Å². The maximum atomic E-state index is 4.75. The molecule has 0 aliphatic carbocycles. The Morgan fingerprint density at radius 2 is 1.29 bits per heavy atom. The van der Waals surface area contributed by atoms with E-state index in [4.69, 9.17) is 9.98 Å². The first-order valence-electron chi connectivity index (χ1n) is 12.6. The second-order valence-corrected chi connectivity index (χ2v) is 9.79. The Morgan fingerprint density at radius 1 is 0.735 bits per heavy atom. The summed E-state index contributed by atoms with van der Waals surface area (Å²) in [4.78, 5) is 9.46. The molecule has 0 aromatic heterocycles. The second-order valence-electron chi connectivity index (χ2n) is 9.79. The van der Waals surface area contributed by atoms with Crippen LogP contribution < -0.4 is 10.6 Å². The lowest BCUT2D eigenvalue weighted by atomic mass is 9.95. The molecule has 2 aromatic rings. The summed E-state index contributed by atoms with van der Waals surface area (Å²) in [6.07, 6.45) is 11.8. The maximum absolute atomic E-state index is 4.75.